The highest BCUT2D eigenvalue weighted by Gasteiger charge is 2.30. The number of hydrogen-bond acceptors (Lipinski definition) is 5. The first-order chi connectivity index (χ1) is 15.0. The van der Waals surface area contributed by atoms with Gasteiger partial charge in [0, 0.05) is 26.3 Å². The van der Waals surface area contributed by atoms with Gasteiger partial charge >= 0.3 is 0 Å². The second-order valence-corrected chi connectivity index (χ2v) is 8.33. The maximum atomic E-state index is 12.4. The molecular weight excluding hydrogens is 390 g/mol. The SMILES string of the molecule is COCCC(=O)N[C@H](c1ccccn1)C1CCN(Cc2ccc(OC)c(C)c2C)CC1. The van der Waals surface area contributed by atoms with Crippen LogP contribution in [-0.4, -0.2) is 49.7 Å². The molecule has 0 spiro atoms. The number of methoxy groups -OCH3 is 2. The van der Waals surface area contributed by atoms with Crippen molar-refractivity contribution in [1.82, 2.24) is 15.2 Å². The van der Waals surface area contributed by atoms with E-state index in [1.165, 1.54) is 16.7 Å². The highest BCUT2D eigenvalue weighted by Crippen LogP contribution is 2.31. The summed E-state index contributed by atoms with van der Waals surface area (Å²) in [5.74, 6) is 1.34. The standard InChI is InChI=1S/C25H35N3O3/c1-18-19(2)23(31-4)9-8-21(18)17-28-14-10-20(11-15-28)25(22-7-5-6-13-26-22)27-24(29)12-16-30-3/h5-9,13,20,25H,10-12,14-17H2,1-4H3,(H,27,29)/t25-/m0/s1. The number of amides is 1. The lowest BCUT2D eigenvalue weighted by atomic mass is 9.86. The van der Waals surface area contributed by atoms with Gasteiger partial charge in [0.1, 0.15) is 5.75 Å². The molecule has 6 heteroatoms. The number of nitrogens with one attached hydrogen (secondary N) is 1. The fourth-order valence-electron chi connectivity index (χ4n) is 4.36. The highest BCUT2D eigenvalue weighted by molar-refractivity contribution is 5.76. The zero-order chi connectivity index (χ0) is 22.2. The van der Waals surface area contributed by atoms with Crippen molar-refractivity contribution in [2.75, 3.05) is 33.9 Å². The van der Waals surface area contributed by atoms with Crippen LogP contribution in [0.5, 0.6) is 5.75 Å². The Balaban J connectivity index is 1.64. The van der Waals surface area contributed by atoms with Crippen molar-refractivity contribution in [3.8, 4) is 5.75 Å². The number of benzene rings is 1. The van der Waals surface area contributed by atoms with Gasteiger partial charge in [-0.05, 0) is 80.6 Å². The monoisotopic (exact) mass is 425 g/mol. The molecule has 1 fully saturated rings. The normalized spacial score (nSPS) is 16.1. The number of aromatic nitrogens is 1. The quantitative estimate of drug-likeness (QED) is 0.662. The molecule has 1 atom stereocenters. The average molecular weight is 426 g/mol. The van der Waals surface area contributed by atoms with Crippen molar-refractivity contribution in [2.45, 2.75) is 45.7 Å². The molecule has 31 heavy (non-hydrogen) atoms. The zero-order valence-corrected chi connectivity index (χ0v) is 19.2. The lowest BCUT2D eigenvalue weighted by Crippen LogP contribution is -2.41. The molecule has 3 rings (SSSR count). The predicted octanol–water partition coefficient (Wildman–Crippen LogP) is 3.81. The second kappa shape index (κ2) is 11.3. The summed E-state index contributed by atoms with van der Waals surface area (Å²) in [5, 5.41) is 3.22. The van der Waals surface area contributed by atoms with Crippen molar-refractivity contribution in [3.63, 3.8) is 0 Å². The zero-order valence-electron chi connectivity index (χ0n) is 19.2. The molecule has 1 amide bonds. The molecule has 0 radical (unpaired) electrons. The maximum absolute atomic E-state index is 12.4. The number of nitrogens with zero attached hydrogens (tertiary/aromatic N) is 2. The Morgan fingerprint density at radius 3 is 2.58 bits per heavy atom. The van der Waals surface area contributed by atoms with Crippen LogP contribution in [0.15, 0.2) is 36.5 Å². The number of carbonyl (C=O) groups excluding carboxylic acids is 1. The number of rotatable bonds is 9. The summed E-state index contributed by atoms with van der Waals surface area (Å²) in [6.45, 7) is 7.68. The maximum Gasteiger partial charge on any atom is 0.222 e. The van der Waals surface area contributed by atoms with Crippen LogP contribution in [0.2, 0.25) is 0 Å². The van der Waals surface area contributed by atoms with Gasteiger partial charge in [-0.25, -0.2) is 0 Å². The molecule has 1 saturated heterocycles. The summed E-state index contributed by atoms with van der Waals surface area (Å²) in [7, 11) is 3.34. The van der Waals surface area contributed by atoms with Crippen LogP contribution in [0, 0.1) is 19.8 Å². The minimum atomic E-state index is -0.0577. The van der Waals surface area contributed by atoms with E-state index in [1.807, 2.05) is 18.2 Å². The molecule has 168 valence electrons. The van der Waals surface area contributed by atoms with Crippen molar-refractivity contribution in [1.29, 1.82) is 0 Å². The van der Waals surface area contributed by atoms with E-state index in [0.717, 1.165) is 43.9 Å². The minimum Gasteiger partial charge on any atom is -0.496 e. The first-order valence-corrected chi connectivity index (χ1v) is 11.1. The summed E-state index contributed by atoms with van der Waals surface area (Å²) in [4.78, 5) is 19.5. The van der Waals surface area contributed by atoms with E-state index in [-0.39, 0.29) is 11.9 Å². The number of hydrogen-bond donors (Lipinski definition) is 1. The molecule has 2 aromatic rings. The van der Waals surface area contributed by atoms with Gasteiger partial charge in [-0.15, -0.1) is 0 Å². The second-order valence-electron chi connectivity index (χ2n) is 8.33. The summed E-state index contributed by atoms with van der Waals surface area (Å²) < 4.78 is 10.5. The van der Waals surface area contributed by atoms with E-state index in [4.69, 9.17) is 9.47 Å². The van der Waals surface area contributed by atoms with Gasteiger partial charge < -0.3 is 14.8 Å². The topological polar surface area (TPSA) is 63.7 Å². The first-order valence-electron chi connectivity index (χ1n) is 11.1. The van der Waals surface area contributed by atoms with Crippen molar-refractivity contribution >= 4 is 5.91 Å². The molecule has 0 saturated carbocycles. The van der Waals surface area contributed by atoms with E-state index in [0.29, 0.717) is 18.9 Å². The Hall–Kier alpha value is -2.44. The summed E-state index contributed by atoms with van der Waals surface area (Å²) in [6, 6.07) is 10.1. The molecule has 6 nitrogen and oxygen atoms in total. The number of carbonyl (C=O) groups is 1. The van der Waals surface area contributed by atoms with E-state index >= 15 is 0 Å². The van der Waals surface area contributed by atoms with Crippen LogP contribution in [0.3, 0.4) is 0 Å². The Morgan fingerprint density at radius 2 is 1.94 bits per heavy atom. The van der Waals surface area contributed by atoms with Crippen LogP contribution >= 0.6 is 0 Å². The van der Waals surface area contributed by atoms with Gasteiger partial charge in [-0.2, -0.15) is 0 Å². The first kappa shape index (κ1) is 23.2. The number of likely N-dealkylation sites (tertiary alicyclic amines) is 1. The van der Waals surface area contributed by atoms with E-state index in [1.54, 1.807) is 20.4 Å². The molecule has 0 bridgehead atoms. The molecule has 0 aliphatic carbocycles. The molecule has 1 aromatic carbocycles. The van der Waals surface area contributed by atoms with Crippen molar-refractivity contribution in [2.24, 2.45) is 5.92 Å². The summed E-state index contributed by atoms with van der Waals surface area (Å²) in [6.07, 6.45) is 4.22. The lowest BCUT2D eigenvalue weighted by Gasteiger charge is -2.36. The van der Waals surface area contributed by atoms with Crippen LogP contribution < -0.4 is 10.1 Å². The number of ether oxygens (including phenoxy) is 2. The van der Waals surface area contributed by atoms with Crippen LogP contribution in [-0.2, 0) is 16.1 Å². The third kappa shape index (κ3) is 6.05. The Kier molecular flexibility index (Phi) is 8.43. The highest BCUT2D eigenvalue weighted by atomic mass is 16.5. The van der Waals surface area contributed by atoms with E-state index in [9.17, 15) is 4.79 Å². The Bertz CT molecular complexity index is 849. The van der Waals surface area contributed by atoms with Crippen LogP contribution in [0.1, 0.15) is 47.7 Å². The molecule has 0 unspecified atom stereocenters. The van der Waals surface area contributed by atoms with Crippen molar-refractivity contribution < 1.29 is 14.3 Å². The Morgan fingerprint density at radius 1 is 1.16 bits per heavy atom. The van der Waals surface area contributed by atoms with Gasteiger partial charge in [0.25, 0.3) is 0 Å². The number of piperidine rings is 1. The van der Waals surface area contributed by atoms with Gasteiger partial charge in [0.2, 0.25) is 5.91 Å². The fourth-order valence-corrected chi connectivity index (χ4v) is 4.36. The van der Waals surface area contributed by atoms with Gasteiger partial charge in [-0.3, -0.25) is 14.7 Å². The average Bonchev–Trinajstić information content (AvgIpc) is 2.80. The molecule has 1 aliphatic rings. The fraction of sp³-hybridized carbons (Fsp3) is 0.520. The largest absolute Gasteiger partial charge is 0.496 e. The van der Waals surface area contributed by atoms with Crippen molar-refractivity contribution in [3.05, 3.63) is 58.9 Å². The predicted molar refractivity (Wildman–Crippen MR) is 122 cm³/mol. The summed E-state index contributed by atoms with van der Waals surface area (Å²) in [5.41, 5.74) is 4.81. The summed E-state index contributed by atoms with van der Waals surface area (Å²) >= 11 is 0. The van der Waals surface area contributed by atoms with Gasteiger partial charge in [-0.1, -0.05) is 12.1 Å². The molecule has 2 heterocycles. The smallest absolute Gasteiger partial charge is 0.222 e. The van der Waals surface area contributed by atoms with Crippen LogP contribution in [0.4, 0.5) is 0 Å². The molecular formula is C25H35N3O3. The number of pyridine rings is 1. The lowest BCUT2D eigenvalue weighted by molar-refractivity contribution is -0.123. The third-order valence-electron chi connectivity index (χ3n) is 6.42. The molecule has 1 aromatic heterocycles. The van der Waals surface area contributed by atoms with E-state index in [2.05, 4.69) is 41.2 Å². The minimum absolute atomic E-state index is 0.0178. The third-order valence-corrected chi connectivity index (χ3v) is 6.42. The van der Waals surface area contributed by atoms with Gasteiger partial charge in [0.15, 0.2) is 0 Å². The van der Waals surface area contributed by atoms with Gasteiger partial charge in [0.05, 0.1) is 25.5 Å². The molecule has 1 aliphatic heterocycles. The molecule has 1 N–H and O–H groups in total. The Labute approximate surface area is 186 Å². The van der Waals surface area contributed by atoms with Crippen LogP contribution in [0.25, 0.3) is 0 Å². The van der Waals surface area contributed by atoms with E-state index < -0.39 is 0 Å².